The van der Waals surface area contributed by atoms with Crippen LogP contribution in [0.25, 0.3) is 0 Å². The van der Waals surface area contributed by atoms with Gasteiger partial charge in [0.1, 0.15) is 17.7 Å². The molecule has 4 amide bonds. The lowest BCUT2D eigenvalue weighted by Crippen LogP contribution is -2.60. The Hall–Kier alpha value is -3.10. The number of hydrogen-bond acceptors (Lipinski definition) is 5. The second kappa shape index (κ2) is 12.2. The summed E-state index contributed by atoms with van der Waals surface area (Å²) in [5, 5.41) is 5.43. The third-order valence-corrected chi connectivity index (χ3v) is 5.65. The summed E-state index contributed by atoms with van der Waals surface area (Å²) in [6.07, 6.45) is -0.796. The Morgan fingerprint density at radius 1 is 0.972 bits per heavy atom. The van der Waals surface area contributed by atoms with E-state index >= 15 is 0 Å². The van der Waals surface area contributed by atoms with Gasteiger partial charge in [0, 0.05) is 11.6 Å². The zero-order valence-electron chi connectivity index (χ0n) is 23.4. The summed E-state index contributed by atoms with van der Waals surface area (Å²) < 4.78 is 5.32. The normalized spacial score (nSPS) is 13.5. The minimum atomic E-state index is -1.32. The van der Waals surface area contributed by atoms with Gasteiger partial charge in [-0.05, 0) is 74.3 Å². The maximum absolute atomic E-state index is 14.1. The number of nitrogens with one attached hydrogen (secondary N) is 2. The predicted molar refractivity (Wildman–Crippen MR) is 140 cm³/mol. The van der Waals surface area contributed by atoms with E-state index < -0.39 is 47.6 Å². The van der Waals surface area contributed by atoms with Crippen molar-refractivity contribution in [3.05, 3.63) is 34.9 Å². The third-order valence-electron chi connectivity index (χ3n) is 5.65. The van der Waals surface area contributed by atoms with E-state index in [9.17, 15) is 19.2 Å². The van der Waals surface area contributed by atoms with Gasteiger partial charge in [-0.2, -0.15) is 0 Å². The Bertz CT molecular complexity index is 945. The molecule has 0 spiro atoms. The SMILES string of the molecule is CCC(C)(C)N(C(=O)C(CC(N)=O)NC(=O)OC(C)(C)C)C(C(=O)NC(C)C)c1cc(C)cc(C)c1. The molecule has 36 heavy (non-hydrogen) atoms. The summed E-state index contributed by atoms with van der Waals surface area (Å²) in [4.78, 5) is 53.7. The maximum atomic E-state index is 14.1. The second-order valence-electron chi connectivity index (χ2n) is 11.2. The fourth-order valence-corrected chi connectivity index (χ4v) is 3.91. The fourth-order valence-electron chi connectivity index (χ4n) is 3.91. The van der Waals surface area contributed by atoms with Crippen LogP contribution in [-0.2, 0) is 19.1 Å². The first-order chi connectivity index (χ1) is 16.4. The van der Waals surface area contributed by atoms with Crippen molar-refractivity contribution in [1.29, 1.82) is 0 Å². The van der Waals surface area contributed by atoms with Crippen LogP contribution in [0, 0.1) is 13.8 Å². The summed E-state index contributed by atoms with van der Waals surface area (Å²) in [7, 11) is 0. The molecule has 0 bridgehead atoms. The lowest BCUT2D eigenvalue weighted by molar-refractivity contribution is -0.150. The number of carbonyl (C=O) groups is 4. The summed E-state index contributed by atoms with van der Waals surface area (Å²) in [5.41, 5.74) is 6.33. The minimum Gasteiger partial charge on any atom is -0.444 e. The number of benzene rings is 1. The molecule has 0 aliphatic heterocycles. The molecule has 9 nitrogen and oxygen atoms in total. The van der Waals surface area contributed by atoms with Crippen LogP contribution in [0.1, 0.15) is 91.0 Å². The molecule has 2 unspecified atom stereocenters. The van der Waals surface area contributed by atoms with Crippen molar-refractivity contribution in [1.82, 2.24) is 15.5 Å². The highest BCUT2D eigenvalue weighted by atomic mass is 16.6. The first kappa shape index (κ1) is 30.9. The average Bonchev–Trinajstić information content (AvgIpc) is 2.67. The van der Waals surface area contributed by atoms with E-state index in [0.717, 1.165) is 11.1 Å². The lowest BCUT2D eigenvalue weighted by Gasteiger charge is -2.44. The van der Waals surface area contributed by atoms with Crippen LogP contribution in [0.3, 0.4) is 0 Å². The highest BCUT2D eigenvalue weighted by Gasteiger charge is 2.43. The van der Waals surface area contributed by atoms with Gasteiger partial charge in [-0.15, -0.1) is 0 Å². The smallest absolute Gasteiger partial charge is 0.408 e. The van der Waals surface area contributed by atoms with Gasteiger partial charge in [0.25, 0.3) is 0 Å². The van der Waals surface area contributed by atoms with Gasteiger partial charge >= 0.3 is 6.09 Å². The van der Waals surface area contributed by atoms with E-state index in [1.165, 1.54) is 4.90 Å². The summed E-state index contributed by atoms with van der Waals surface area (Å²) in [6.45, 7) is 18.2. The fraction of sp³-hybridized carbons (Fsp3) is 0.630. The van der Waals surface area contributed by atoms with Crippen LogP contribution in [-0.4, -0.2) is 51.9 Å². The Balaban J connectivity index is 3.71. The van der Waals surface area contributed by atoms with Gasteiger partial charge < -0.3 is 26.0 Å². The number of nitrogens with zero attached hydrogens (tertiary/aromatic N) is 1. The van der Waals surface area contributed by atoms with E-state index in [0.29, 0.717) is 12.0 Å². The monoisotopic (exact) mass is 504 g/mol. The average molecular weight is 505 g/mol. The molecule has 9 heteroatoms. The number of carbonyl (C=O) groups excluding carboxylic acids is 4. The van der Waals surface area contributed by atoms with E-state index in [-0.39, 0.29) is 11.9 Å². The minimum absolute atomic E-state index is 0.172. The largest absolute Gasteiger partial charge is 0.444 e. The zero-order valence-corrected chi connectivity index (χ0v) is 23.4. The van der Waals surface area contributed by atoms with E-state index in [2.05, 4.69) is 10.6 Å². The Labute approximate surface area is 215 Å². The van der Waals surface area contributed by atoms with Crippen LogP contribution in [0.5, 0.6) is 0 Å². The molecule has 0 aliphatic carbocycles. The van der Waals surface area contributed by atoms with Crippen LogP contribution >= 0.6 is 0 Å². The molecule has 0 saturated heterocycles. The maximum Gasteiger partial charge on any atom is 0.408 e. The van der Waals surface area contributed by atoms with Crippen molar-refractivity contribution in [2.75, 3.05) is 0 Å². The van der Waals surface area contributed by atoms with Gasteiger partial charge in [-0.1, -0.05) is 36.2 Å². The Morgan fingerprint density at radius 2 is 1.50 bits per heavy atom. The predicted octanol–water partition coefficient (Wildman–Crippen LogP) is 3.66. The van der Waals surface area contributed by atoms with Crippen molar-refractivity contribution < 1.29 is 23.9 Å². The van der Waals surface area contributed by atoms with Crippen LogP contribution in [0.15, 0.2) is 18.2 Å². The Kier molecular flexibility index (Phi) is 10.5. The van der Waals surface area contributed by atoms with Gasteiger partial charge in [-0.25, -0.2) is 4.79 Å². The van der Waals surface area contributed by atoms with Crippen molar-refractivity contribution in [3.8, 4) is 0 Å². The first-order valence-corrected chi connectivity index (χ1v) is 12.4. The van der Waals surface area contributed by atoms with Crippen molar-refractivity contribution in [2.45, 2.75) is 111 Å². The number of aryl methyl sites for hydroxylation is 2. The van der Waals surface area contributed by atoms with Gasteiger partial charge in [0.2, 0.25) is 17.7 Å². The highest BCUT2D eigenvalue weighted by Crippen LogP contribution is 2.33. The summed E-state index contributed by atoms with van der Waals surface area (Å²) in [5.74, 6) is -1.73. The molecule has 0 radical (unpaired) electrons. The third kappa shape index (κ3) is 9.17. The molecule has 2 atom stereocenters. The molecule has 4 N–H and O–H groups in total. The number of rotatable bonds is 10. The van der Waals surface area contributed by atoms with Crippen molar-refractivity contribution in [2.24, 2.45) is 5.73 Å². The summed E-state index contributed by atoms with van der Waals surface area (Å²) >= 11 is 0. The number of amides is 4. The summed E-state index contributed by atoms with van der Waals surface area (Å²) in [6, 6.07) is 3.22. The van der Waals surface area contributed by atoms with E-state index in [1.807, 2.05) is 66.7 Å². The lowest BCUT2D eigenvalue weighted by atomic mass is 9.90. The number of nitrogens with two attached hydrogens (primary N) is 1. The van der Waals surface area contributed by atoms with E-state index in [4.69, 9.17) is 10.5 Å². The molecule has 202 valence electrons. The Morgan fingerprint density at radius 3 is 1.92 bits per heavy atom. The van der Waals surface area contributed by atoms with Crippen molar-refractivity contribution in [3.63, 3.8) is 0 Å². The molecule has 0 fully saturated rings. The topological polar surface area (TPSA) is 131 Å². The van der Waals surface area contributed by atoms with Gasteiger partial charge in [-0.3, -0.25) is 14.4 Å². The van der Waals surface area contributed by atoms with Gasteiger partial charge in [0.15, 0.2) is 0 Å². The molecule has 0 aliphatic rings. The standard InChI is InChI=1S/C27H44N4O5/c1-11-27(9,10)31(24(34)20(15-21(28)32)30-25(35)36-26(6,7)8)22(23(33)29-16(2)3)19-13-17(4)12-18(5)14-19/h12-14,16,20,22H,11,15H2,1-10H3,(H2,28,32)(H,29,33)(H,30,35). The van der Waals surface area contributed by atoms with Crippen LogP contribution in [0.2, 0.25) is 0 Å². The number of alkyl carbamates (subject to hydrolysis) is 1. The van der Waals surface area contributed by atoms with Crippen LogP contribution in [0.4, 0.5) is 4.79 Å². The molecule has 0 heterocycles. The first-order valence-electron chi connectivity index (χ1n) is 12.4. The highest BCUT2D eigenvalue weighted by molar-refractivity contribution is 5.95. The van der Waals surface area contributed by atoms with Crippen molar-refractivity contribution >= 4 is 23.8 Å². The molecule has 1 rings (SSSR count). The molecule has 0 aromatic heterocycles. The number of ether oxygens (including phenoxy) is 1. The molecular weight excluding hydrogens is 460 g/mol. The number of hydrogen-bond donors (Lipinski definition) is 3. The zero-order chi connectivity index (χ0) is 28.0. The molecule has 1 aromatic rings. The quantitative estimate of drug-likeness (QED) is 0.448. The van der Waals surface area contributed by atoms with Gasteiger partial charge in [0.05, 0.1) is 6.42 Å². The number of primary amides is 1. The van der Waals surface area contributed by atoms with Crippen LogP contribution < -0.4 is 16.4 Å². The molecule has 1 aromatic carbocycles. The molecular formula is C27H44N4O5. The molecule has 0 saturated carbocycles. The van der Waals surface area contributed by atoms with E-state index in [1.54, 1.807) is 20.8 Å². The second-order valence-corrected chi connectivity index (χ2v) is 11.2.